The predicted molar refractivity (Wildman–Crippen MR) is 132 cm³/mol. The van der Waals surface area contributed by atoms with Crippen LogP contribution in [0.3, 0.4) is 0 Å². The van der Waals surface area contributed by atoms with Crippen molar-refractivity contribution in [2.75, 3.05) is 12.0 Å². The fourth-order valence-electron chi connectivity index (χ4n) is 3.42. The van der Waals surface area contributed by atoms with Crippen molar-refractivity contribution in [1.29, 1.82) is 0 Å². The maximum absolute atomic E-state index is 12.3. The summed E-state index contributed by atoms with van der Waals surface area (Å²) in [4.78, 5) is 28.4. The average Bonchev–Trinajstić information content (AvgIpc) is 2.90. The van der Waals surface area contributed by atoms with Gasteiger partial charge in [-0.15, -0.1) is 0 Å². The first-order chi connectivity index (χ1) is 16.7. The van der Waals surface area contributed by atoms with E-state index in [1.54, 1.807) is 13.1 Å². The van der Waals surface area contributed by atoms with Crippen molar-refractivity contribution in [1.82, 2.24) is 9.97 Å². The lowest BCUT2D eigenvalue weighted by Crippen LogP contribution is -2.36. The molecule has 4 rings (SSSR count). The lowest BCUT2D eigenvalue weighted by molar-refractivity contribution is -0.141. The van der Waals surface area contributed by atoms with Gasteiger partial charge in [0.05, 0.1) is 19.0 Å². The van der Waals surface area contributed by atoms with Gasteiger partial charge in [0, 0.05) is 17.3 Å². The first kappa shape index (κ1) is 22.7. The van der Waals surface area contributed by atoms with Crippen molar-refractivity contribution in [3.63, 3.8) is 0 Å². The van der Waals surface area contributed by atoms with Gasteiger partial charge in [-0.05, 0) is 36.8 Å². The second-order valence-electron chi connectivity index (χ2n) is 7.43. The molecular formula is C27H24N4O3. The number of oxime groups is 1. The van der Waals surface area contributed by atoms with Gasteiger partial charge < -0.3 is 14.5 Å². The maximum Gasteiger partial charge on any atom is 0.328 e. The Morgan fingerprint density at radius 1 is 0.941 bits per heavy atom. The van der Waals surface area contributed by atoms with Crippen LogP contribution in [-0.2, 0) is 9.53 Å². The molecule has 0 aliphatic rings. The number of benzene rings is 3. The lowest BCUT2D eigenvalue weighted by Gasteiger charge is -2.28. The topological polar surface area (TPSA) is 76.9 Å². The van der Waals surface area contributed by atoms with Gasteiger partial charge in [-0.25, -0.2) is 14.8 Å². The quantitative estimate of drug-likeness (QED) is 0.206. The molecular weight excluding hydrogens is 428 g/mol. The molecule has 0 spiro atoms. The van der Waals surface area contributed by atoms with E-state index in [9.17, 15) is 4.79 Å². The van der Waals surface area contributed by atoms with Gasteiger partial charge in [-0.3, -0.25) is 0 Å². The van der Waals surface area contributed by atoms with E-state index in [0.29, 0.717) is 11.6 Å². The van der Waals surface area contributed by atoms with Gasteiger partial charge in [0.1, 0.15) is 18.2 Å². The number of carbonyl (C=O) groups excluding carboxylic acids is 1. The van der Waals surface area contributed by atoms with Gasteiger partial charge in [0.15, 0.2) is 5.75 Å². The molecule has 7 nitrogen and oxygen atoms in total. The number of ether oxygens (including phenoxy) is 1. The monoisotopic (exact) mass is 452 g/mol. The Kier molecular flexibility index (Phi) is 7.25. The standard InChI is InChI=1S/C27H24N4O3/c1-20(27(32)33-2)31(23-9-5-3-6-10-23)26-17-25(28-19-29-26)22-15-13-21(14-16-22)18-30-34-24-11-7-4-8-12-24/h3-20H,1-2H3/b30-18+/t20-/m0/s1. The minimum Gasteiger partial charge on any atom is -0.467 e. The Bertz CT molecular complexity index is 1250. The highest BCUT2D eigenvalue weighted by Crippen LogP contribution is 2.29. The first-order valence-corrected chi connectivity index (χ1v) is 10.8. The van der Waals surface area contributed by atoms with Crippen molar-refractivity contribution in [2.24, 2.45) is 5.16 Å². The summed E-state index contributed by atoms with van der Waals surface area (Å²) in [5.41, 5.74) is 3.35. The minimum atomic E-state index is -0.571. The molecule has 0 fully saturated rings. The van der Waals surface area contributed by atoms with Crippen molar-refractivity contribution < 1.29 is 14.4 Å². The van der Waals surface area contributed by atoms with Crippen LogP contribution in [-0.4, -0.2) is 35.3 Å². The zero-order valence-corrected chi connectivity index (χ0v) is 18.9. The number of carbonyl (C=O) groups is 1. The van der Waals surface area contributed by atoms with E-state index in [0.717, 1.165) is 22.5 Å². The summed E-state index contributed by atoms with van der Waals surface area (Å²) in [6, 6.07) is 28.0. The summed E-state index contributed by atoms with van der Waals surface area (Å²) in [5, 5.41) is 4.03. The van der Waals surface area contributed by atoms with Gasteiger partial charge >= 0.3 is 5.97 Å². The number of aromatic nitrogens is 2. The molecule has 0 saturated carbocycles. The Labute approximate surface area is 198 Å². The maximum atomic E-state index is 12.3. The molecule has 7 heteroatoms. The molecule has 0 radical (unpaired) electrons. The van der Waals surface area contributed by atoms with Crippen LogP contribution in [0.5, 0.6) is 5.75 Å². The number of nitrogens with zero attached hydrogens (tertiary/aromatic N) is 4. The first-order valence-electron chi connectivity index (χ1n) is 10.8. The van der Waals surface area contributed by atoms with Crippen LogP contribution in [0.2, 0.25) is 0 Å². The van der Waals surface area contributed by atoms with Crippen LogP contribution in [0.15, 0.2) is 102 Å². The third-order valence-electron chi connectivity index (χ3n) is 5.17. The number of rotatable bonds is 8. The smallest absolute Gasteiger partial charge is 0.328 e. The van der Waals surface area contributed by atoms with E-state index >= 15 is 0 Å². The fourth-order valence-corrected chi connectivity index (χ4v) is 3.42. The van der Waals surface area contributed by atoms with Crippen LogP contribution in [0.4, 0.5) is 11.5 Å². The molecule has 0 saturated heterocycles. The van der Waals surface area contributed by atoms with Crippen LogP contribution in [0, 0.1) is 0 Å². The normalized spacial score (nSPS) is 11.7. The Hall–Kier alpha value is -4.52. The molecule has 3 aromatic carbocycles. The van der Waals surface area contributed by atoms with Gasteiger partial charge in [0.2, 0.25) is 0 Å². The van der Waals surface area contributed by atoms with Gasteiger partial charge in [-0.1, -0.05) is 65.8 Å². The SMILES string of the molecule is COC(=O)[C@H](C)N(c1ccccc1)c1cc(-c2ccc(/C=N/Oc3ccccc3)cc2)ncn1. The molecule has 1 aromatic heterocycles. The van der Waals surface area contributed by atoms with E-state index in [-0.39, 0.29) is 5.97 Å². The highest BCUT2D eigenvalue weighted by molar-refractivity contribution is 5.84. The summed E-state index contributed by atoms with van der Waals surface area (Å²) in [5.74, 6) is 0.911. The molecule has 0 bridgehead atoms. The molecule has 1 heterocycles. The summed E-state index contributed by atoms with van der Waals surface area (Å²) in [7, 11) is 1.38. The summed E-state index contributed by atoms with van der Waals surface area (Å²) < 4.78 is 4.98. The zero-order valence-electron chi connectivity index (χ0n) is 18.9. The van der Waals surface area contributed by atoms with E-state index < -0.39 is 6.04 Å². The van der Waals surface area contributed by atoms with Crippen LogP contribution >= 0.6 is 0 Å². The molecule has 0 N–H and O–H groups in total. The molecule has 0 aliphatic carbocycles. The third kappa shape index (κ3) is 5.45. The van der Waals surface area contributed by atoms with Gasteiger partial charge in [0.25, 0.3) is 0 Å². The van der Waals surface area contributed by atoms with E-state index in [1.165, 1.54) is 13.4 Å². The number of methoxy groups -OCH3 is 1. The van der Waals surface area contributed by atoms with Gasteiger partial charge in [-0.2, -0.15) is 0 Å². The van der Waals surface area contributed by atoms with Crippen molar-refractivity contribution in [3.05, 3.63) is 103 Å². The number of hydrogen-bond acceptors (Lipinski definition) is 7. The number of para-hydroxylation sites is 2. The van der Waals surface area contributed by atoms with Crippen LogP contribution < -0.4 is 9.74 Å². The Morgan fingerprint density at radius 3 is 2.29 bits per heavy atom. The summed E-state index contributed by atoms with van der Waals surface area (Å²) >= 11 is 0. The van der Waals surface area contributed by atoms with Crippen molar-refractivity contribution in [2.45, 2.75) is 13.0 Å². The molecule has 0 aliphatic heterocycles. The molecule has 0 amide bonds. The summed E-state index contributed by atoms with van der Waals surface area (Å²) in [6.45, 7) is 1.78. The second kappa shape index (κ2) is 10.9. The molecule has 34 heavy (non-hydrogen) atoms. The van der Waals surface area contributed by atoms with Crippen LogP contribution in [0.1, 0.15) is 12.5 Å². The molecule has 4 aromatic rings. The summed E-state index contributed by atoms with van der Waals surface area (Å²) in [6.07, 6.45) is 3.14. The van der Waals surface area contributed by atoms with E-state index in [1.807, 2.05) is 95.9 Å². The third-order valence-corrected chi connectivity index (χ3v) is 5.17. The van der Waals surface area contributed by atoms with Crippen LogP contribution in [0.25, 0.3) is 11.3 Å². The second-order valence-corrected chi connectivity index (χ2v) is 7.43. The van der Waals surface area contributed by atoms with Crippen molar-refractivity contribution >= 4 is 23.7 Å². The molecule has 0 unspecified atom stereocenters. The molecule has 1 atom stereocenters. The predicted octanol–water partition coefficient (Wildman–Crippen LogP) is 5.26. The zero-order chi connectivity index (χ0) is 23.8. The van der Waals surface area contributed by atoms with E-state index in [2.05, 4.69) is 15.1 Å². The average molecular weight is 453 g/mol. The highest BCUT2D eigenvalue weighted by Gasteiger charge is 2.25. The lowest BCUT2D eigenvalue weighted by atomic mass is 10.1. The number of hydrogen-bond donors (Lipinski definition) is 0. The largest absolute Gasteiger partial charge is 0.467 e. The number of anilines is 2. The molecule has 170 valence electrons. The minimum absolute atomic E-state index is 0.356. The van der Waals surface area contributed by atoms with Crippen molar-refractivity contribution in [3.8, 4) is 17.0 Å². The highest BCUT2D eigenvalue weighted by atomic mass is 16.6. The Balaban J connectivity index is 1.56. The fraction of sp³-hybridized carbons (Fsp3) is 0.111. The van der Waals surface area contributed by atoms with E-state index in [4.69, 9.17) is 9.57 Å². The number of esters is 1. The Morgan fingerprint density at radius 2 is 1.62 bits per heavy atom.